The molecule has 0 radical (unpaired) electrons. The van der Waals surface area contributed by atoms with Crippen molar-refractivity contribution in [1.29, 1.82) is 0 Å². The van der Waals surface area contributed by atoms with Crippen molar-refractivity contribution in [3.8, 4) is 0 Å². The number of hydrogen-bond donors (Lipinski definition) is 0. The Bertz CT molecular complexity index is 116. The molecule has 0 unspecified atom stereocenters. The van der Waals surface area contributed by atoms with E-state index in [2.05, 4.69) is 0 Å². The molecule has 0 aromatic rings. The van der Waals surface area contributed by atoms with Crippen molar-refractivity contribution in [1.82, 2.24) is 0 Å². The van der Waals surface area contributed by atoms with Crippen LogP contribution in [-0.2, 0) is 4.79 Å². The molecule has 0 aliphatic rings. The van der Waals surface area contributed by atoms with E-state index in [1.807, 2.05) is 19.9 Å². The first-order valence-electron chi connectivity index (χ1n) is 2.43. The zero-order valence-electron chi connectivity index (χ0n) is 5.39. The number of thioether (sulfide) groups is 1. The average Bonchev–Trinajstić information content (AvgIpc) is 1.84. The van der Waals surface area contributed by atoms with Crippen LogP contribution in [0.3, 0.4) is 0 Å². The van der Waals surface area contributed by atoms with Gasteiger partial charge in [-0.2, -0.15) is 0 Å². The standard InChI is InChI=1S/C6H10OS/c1-4-5(2)6(7)8-3/h4H,1-3H3. The van der Waals surface area contributed by atoms with E-state index in [9.17, 15) is 4.79 Å². The maximum absolute atomic E-state index is 10.6. The third-order valence-corrected chi connectivity index (χ3v) is 1.63. The first kappa shape index (κ1) is 7.76. The lowest BCUT2D eigenvalue weighted by atomic mass is 10.3. The highest BCUT2D eigenvalue weighted by Crippen LogP contribution is 2.04. The maximum Gasteiger partial charge on any atom is 0.214 e. The van der Waals surface area contributed by atoms with Gasteiger partial charge in [0.15, 0.2) is 0 Å². The molecule has 0 saturated heterocycles. The molecule has 0 saturated carbocycles. The van der Waals surface area contributed by atoms with Crippen LogP contribution in [0.2, 0.25) is 0 Å². The number of carbonyl (C=O) groups is 1. The Morgan fingerprint density at radius 1 is 1.62 bits per heavy atom. The third kappa shape index (κ3) is 2.17. The second-order valence-corrected chi connectivity index (χ2v) is 2.24. The fraction of sp³-hybridized carbons (Fsp3) is 0.500. The lowest BCUT2D eigenvalue weighted by Crippen LogP contribution is -1.89. The van der Waals surface area contributed by atoms with Gasteiger partial charge in [0.05, 0.1) is 0 Å². The van der Waals surface area contributed by atoms with E-state index in [0.29, 0.717) is 0 Å². The van der Waals surface area contributed by atoms with Gasteiger partial charge in [-0.3, -0.25) is 4.79 Å². The van der Waals surface area contributed by atoms with Gasteiger partial charge < -0.3 is 0 Å². The van der Waals surface area contributed by atoms with Gasteiger partial charge in [-0.15, -0.1) is 0 Å². The Hall–Kier alpha value is -0.240. The summed E-state index contributed by atoms with van der Waals surface area (Å²) in [4.78, 5) is 10.6. The van der Waals surface area contributed by atoms with Crippen LogP contribution in [0.15, 0.2) is 11.6 Å². The highest BCUT2D eigenvalue weighted by molar-refractivity contribution is 8.13. The highest BCUT2D eigenvalue weighted by atomic mass is 32.2. The molecule has 0 aromatic carbocycles. The summed E-state index contributed by atoms with van der Waals surface area (Å²) >= 11 is 1.25. The molecule has 0 N–H and O–H groups in total. The molecule has 0 heterocycles. The Kier molecular flexibility index (Phi) is 3.61. The van der Waals surface area contributed by atoms with E-state index in [4.69, 9.17) is 0 Å². The largest absolute Gasteiger partial charge is 0.282 e. The summed E-state index contributed by atoms with van der Waals surface area (Å²) in [5.74, 6) is 0. The normalized spacial score (nSPS) is 11.6. The molecule has 0 fully saturated rings. The number of rotatable bonds is 1. The number of allylic oxidation sites excluding steroid dienone is 1. The average molecular weight is 130 g/mol. The van der Waals surface area contributed by atoms with Crippen LogP contribution in [0.25, 0.3) is 0 Å². The Morgan fingerprint density at radius 2 is 2.12 bits per heavy atom. The zero-order valence-corrected chi connectivity index (χ0v) is 6.21. The molecule has 2 heteroatoms. The van der Waals surface area contributed by atoms with Gasteiger partial charge in [0.25, 0.3) is 0 Å². The first-order chi connectivity index (χ1) is 3.72. The van der Waals surface area contributed by atoms with Gasteiger partial charge in [0.2, 0.25) is 5.12 Å². The Morgan fingerprint density at radius 3 is 2.25 bits per heavy atom. The Balaban J connectivity index is 3.83. The van der Waals surface area contributed by atoms with Crippen molar-refractivity contribution < 1.29 is 4.79 Å². The molecule has 0 aromatic heterocycles. The van der Waals surface area contributed by atoms with E-state index >= 15 is 0 Å². The SMILES string of the molecule is CC=C(C)C(=O)SC. The van der Waals surface area contributed by atoms with Crippen LogP contribution in [-0.4, -0.2) is 11.4 Å². The molecule has 8 heavy (non-hydrogen) atoms. The molecule has 0 aliphatic heterocycles. The monoisotopic (exact) mass is 130 g/mol. The van der Waals surface area contributed by atoms with Gasteiger partial charge in [-0.1, -0.05) is 17.8 Å². The predicted octanol–water partition coefficient (Wildman–Crippen LogP) is 1.84. The summed E-state index contributed by atoms with van der Waals surface area (Å²) in [5, 5.41) is 0.160. The highest BCUT2D eigenvalue weighted by Gasteiger charge is 1.97. The van der Waals surface area contributed by atoms with Crippen molar-refractivity contribution in [3.63, 3.8) is 0 Å². The van der Waals surface area contributed by atoms with Crippen LogP contribution < -0.4 is 0 Å². The van der Waals surface area contributed by atoms with Crippen LogP contribution >= 0.6 is 11.8 Å². The van der Waals surface area contributed by atoms with Gasteiger partial charge in [0, 0.05) is 0 Å². The van der Waals surface area contributed by atoms with Crippen LogP contribution in [0.5, 0.6) is 0 Å². The quantitative estimate of drug-likeness (QED) is 0.504. The summed E-state index contributed by atoms with van der Waals surface area (Å²) in [6, 6.07) is 0. The van der Waals surface area contributed by atoms with Gasteiger partial charge >= 0.3 is 0 Å². The molecule has 0 rings (SSSR count). The van der Waals surface area contributed by atoms with E-state index in [0.717, 1.165) is 5.57 Å². The van der Waals surface area contributed by atoms with Crippen molar-refractivity contribution in [2.45, 2.75) is 13.8 Å². The fourth-order valence-corrected chi connectivity index (χ4v) is 0.719. The molecule has 1 nitrogen and oxygen atoms in total. The molecule has 0 atom stereocenters. The van der Waals surface area contributed by atoms with Crippen LogP contribution in [0.4, 0.5) is 0 Å². The second-order valence-electron chi connectivity index (χ2n) is 1.46. The molecule has 0 spiro atoms. The summed E-state index contributed by atoms with van der Waals surface area (Å²) in [6.45, 7) is 3.68. The first-order valence-corrected chi connectivity index (χ1v) is 3.66. The molecular weight excluding hydrogens is 120 g/mol. The topological polar surface area (TPSA) is 17.1 Å². The van der Waals surface area contributed by atoms with E-state index in [1.165, 1.54) is 11.8 Å². The molecule has 0 bridgehead atoms. The summed E-state index contributed by atoms with van der Waals surface area (Å²) in [5.41, 5.74) is 0.831. The fourth-order valence-electron chi connectivity index (χ4n) is 0.279. The lowest BCUT2D eigenvalue weighted by Gasteiger charge is -1.90. The zero-order chi connectivity index (χ0) is 6.57. The van der Waals surface area contributed by atoms with Gasteiger partial charge in [-0.05, 0) is 25.7 Å². The smallest absolute Gasteiger partial charge is 0.214 e. The molecule has 46 valence electrons. The number of hydrogen-bond acceptors (Lipinski definition) is 2. The van der Waals surface area contributed by atoms with Crippen LogP contribution in [0, 0.1) is 0 Å². The van der Waals surface area contributed by atoms with Crippen molar-refractivity contribution in [2.75, 3.05) is 6.26 Å². The summed E-state index contributed by atoms with van der Waals surface area (Å²) in [6.07, 6.45) is 3.61. The number of carbonyl (C=O) groups excluding carboxylic acids is 1. The molecule has 0 aliphatic carbocycles. The lowest BCUT2D eigenvalue weighted by molar-refractivity contribution is -0.107. The van der Waals surface area contributed by atoms with E-state index in [1.54, 1.807) is 6.26 Å². The summed E-state index contributed by atoms with van der Waals surface area (Å²) in [7, 11) is 0. The predicted molar refractivity (Wildman–Crippen MR) is 38.0 cm³/mol. The van der Waals surface area contributed by atoms with Crippen molar-refractivity contribution in [3.05, 3.63) is 11.6 Å². The van der Waals surface area contributed by atoms with Crippen LogP contribution in [0.1, 0.15) is 13.8 Å². The van der Waals surface area contributed by atoms with Crippen molar-refractivity contribution >= 4 is 16.9 Å². The minimum Gasteiger partial charge on any atom is -0.282 e. The second kappa shape index (κ2) is 3.72. The van der Waals surface area contributed by atoms with Gasteiger partial charge in [-0.25, -0.2) is 0 Å². The summed E-state index contributed by atoms with van der Waals surface area (Å²) < 4.78 is 0. The molecular formula is C6H10OS. The minimum atomic E-state index is 0.160. The third-order valence-electron chi connectivity index (χ3n) is 0.940. The Labute approximate surface area is 54.2 Å². The van der Waals surface area contributed by atoms with Gasteiger partial charge in [0.1, 0.15) is 0 Å². The van der Waals surface area contributed by atoms with Crippen molar-refractivity contribution in [2.24, 2.45) is 0 Å². The molecule has 0 amide bonds. The van der Waals surface area contributed by atoms with E-state index < -0.39 is 0 Å². The van der Waals surface area contributed by atoms with E-state index in [-0.39, 0.29) is 5.12 Å². The minimum absolute atomic E-state index is 0.160. The maximum atomic E-state index is 10.6.